The van der Waals surface area contributed by atoms with Gasteiger partial charge in [0.15, 0.2) is 0 Å². The zero-order valence-corrected chi connectivity index (χ0v) is 19.6. The normalized spacial score (nSPS) is 11.8. The maximum absolute atomic E-state index is 5.38. The molecular weight excluding hydrogens is 374 g/mol. The van der Waals surface area contributed by atoms with Crippen LogP contribution in [0.5, 0.6) is 0 Å². The first kappa shape index (κ1) is 28.1. The molecule has 2 N–H and O–H groups in total. The molecule has 0 aromatic rings. The Labute approximate surface area is 161 Å². The molecule has 0 radical (unpaired) electrons. The molecule has 0 saturated carbocycles. The van der Waals surface area contributed by atoms with Gasteiger partial charge in [0.2, 0.25) is 0 Å². The molecule has 0 aliphatic carbocycles. The Kier molecular flexibility index (Phi) is 18.3. The minimum atomic E-state index is -2.40. The Morgan fingerprint density at radius 2 is 1.15 bits per heavy atom. The summed E-state index contributed by atoms with van der Waals surface area (Å²) in [7, 11) is 4.96. The Bertz CT molecular complexity index is 324. The van der Waals surface area contributed by atoms with Crippen LogP contribution in [0.4, 0.5) is 0 Å². The van der Waals surface area contributed by atoms with Crippen molar-refractivity contribution in [3.05, 3.63) is 12.2 Å². The van der Waals surface area contributed by atoms with Crippen LogP contribution in [-0.2, 0) is 31.3 Å². The van der Waals surface area contributed by atoms with E-state index in [1.165, 1.54) is 0 Å². The van der Waals surface area contributed by atoms with E-state index < -0.39 is 17.6 Å². The molecule has 0 bridgehead atoms. The minimum absolute atomic E-state index is 0.613. The summed E-state index contributed by atoms with van der Waals surface area (Å²) in [6.07, 6.45) is 1.75. The molecule has 10 heteroatoms. The minimum Gasteiger partial charge on any atom is -0.377 e. The third-order valence-corrected chi connectivity index (χ3v) is 9.34. The van der Waals surface area contributed by atoms with Gasteiger partial charge in [0, 0.05) is 61.4 Å². The van der Waals surface area contributed by atoms with Gasteiger partial charge in [0.05, 0.1) is 6.61 Å². The third kappa shape index (κ3) is 12.3. The molecule has 0 aromatic carbocycles. The summed E-state index contributed by atoms with van der Waals surface area (Å²) in [5, 5.41) is 0. The van der Waals surface area contributed by atoms with Gasteiger partial charge >= 0.3 is 17.6 Å². The molecule has 0 aromatic heterocycles. The molecule has 158 valence electrons. The Morgan fingerprint density at radius 1 is 0.769 bits per heavy atom. The summed E-state index contributed by atoms with van der Waals surface area (Å²) >= 11 is 0. The predicted octanol–water partition coefficient (Wildman–Crippen LogP) is 2.06. The second kappa shape index (κ2) is 17.0. The van der Waals surface area contributed by atoms with E-state index in [2.05, 4.69) is 6.58 Å². The lowest BCUT2D eigenvalue weighted by Gasteiger charge is -2.24. The van der Waals surface area contributed by atoms with Crippen LogP contribution < -0.4 is 5.73 Å². The molecule has 0 atom stereocenters. The second-order valence-corrected chi connectivity index (χ2v) is 11.8. The molecule has 8 nitrogen and oxygen atoms in total. The topological polar surface area (TPSA) is 90.6 Å². The van der Waals surface area contributed by atoms with Gasteiger partial charge in [-0.05, 0) is 26.3 Å². The summed E-state index contributed by atoms with van der Waals surface area (Å²) in [5.74, 6) is 0. The van der Waals surface area contributed by atoms with E-state index in [9.17, 15) is 0 Å². The van der Waals surface area contributed by atoms with Gasteiger partial charge in [-0.2, -0.15) is 0 Å². The molecule has 0 rings (SSSR count). The fourth-order valence-electron chi connectivity index (χ4n) is 2.07. The zero-order valence-electron chi connectivity index (χ0n) is 17.6. The first-order valence-corrected chi connectivity index (χ1v) is 12.4. The van der Waals surface area contributed by atoms with Gasteiger partial charge in [-0.3, -0.25) is 0 Å². The Balaban J connectivity index is 0. The number of rotatable bonds is 15. The molecule has 0 unspecified atom stereocenters. The zero-order chi connectivity index (χ0) is 20.5. The maximum atomic E-state index is 5.38. The van der Waals surface area contributed by atoms with Crippen molar-refractivity contribution in [1.29, 1.82) is 0 Å². The number of ether oxygens (including phenoxy) is 1. The van der Waals surface area contributed by atoms with E-state index in [0.29, 0.717) is 19.8 Å². The van der Waals surface area contributed by atoms with E-state index >= 15 is 0 Å². The molecule has 0 aliphatic rings. The van der Waals surface area contributed by atoms with Gasteiger partial charge in [0.25, 0.3) is 0 Å². The van der Waals surface area contributed by atoms with E-state index in [1.54, 1.807) is 42.7 Å². The SMILES string of the molecule is C=C(C)COCCC[Si](OC)(OC)OC.CO[Si](CCCN)(OC)OC. The first-order chi connectivity index (χ1) is 12.3. The van der Waals surface area contributed by atoms with Crippen LogP contribution in [0.2, 0.25) is 12.1 Å². The maximum Gasteiger partial charge on any atom is 0.500 e. The Morgan fingerprint density at radius 3 is 1.46 bits per heavy atom. The summed E-state index contributed by atoms with van der Waals surface area (Å²) in [4.78, 5) is 0. The van der Waals surface area contributed by atoms with Crippen LogP contribution in [0.3, 0.4) is 0 Å². The average molecular weight is 414 g/mol. The van der Waals surface area contributed by atoms with Crippen molar-refractivity contribution in [2.75, 3.05) is 62.4 Å². The second-order valence-electron chi connectivity index (χ2n) is 5.60. The molecule has 0 spiro atoms. The lowest BCUT2D eigenvalue weighted by Crippen LogP contribution is -2.42. The van der Waals surface area contributed by atoms with E-state index in [-0.39, 0.29) is 0 Å². The van der Waals surface area contributed by atoms with Crippen LogP contribution in [-0.4, -0.2) is 80.0 Å². The van der Waals surface area contributed by atoms with Crippen LogP contribution in [0.25, 0.3) is 0 Å². The number of hydrogen-bond donors (Lipinski definition) is 1. The monoisotopic (exact) mass is 413 g/mol. The molecule has 0 heterocycles. The van der Waals surface area contributed by atoms with E-state index in [4.69, 9.17) is 37.0 Å². The van der Waals surface area contributed by atoms with E-state index in [1.807, 2.05) is 6.92 Å². The lowest BCUT2D eigenvalue weighted by molar-refractivity contribution is 0.113. The molecule has 0 aliphatic heterocycles. The highest BCUT2D eigenvalue weighted by Gasteiger charge is 2.37. The fourth-order valence-corrected chi connectivity index (χ4v) is 5.51. The number of hydrogen-bond acceptors (Lipinski definition) is 8. The highest BCUT2D eigenvalue weighted by atomic mass is 28.4. The quantitative estimate of drug-likeness (QED) is 0.248. The van der Waals surface area contributed by atoms with Crippen molar-refractivity contribution < 1.29 is 31.3 Å². The third-order valence-electron chi connectivity index (χ3n) is 3.67. The van der Waals surface area contributed by atoms with Gasteiger partial charge in [0.1, 0.15) is 0 Å². The predicted molar refractivity (Wildman–Crippen MR) is 107 cm³/mol. The fraction of sp³-hybridized carbons (Fsp3) is 0.875. The molecule has 0 fully saturated rings. The molecule has 0 amide bonds. The molecule has 0 saturated heterocycles. The van der Waals surface area contributed by atoms with Crippen LogP contribution in [0.15, 0.2) is 12.2 Å². The summed E-state index contributed by atoms with van der Waals surface area (Å²) in [5.41, 5.74) is 6.39. The van der Waals surface area contributed by atoms with Crippen LogP contribution in [0.1, 0.15) is 19.8 Å². The largest absolute Gasteiger partial charge is 0.500 e. The van der Waals surface area contributed by atoms with Crippen molar-refractivity contribution in [1.82, 2.24) is 0 Å². The van der Waals surface area contributed by atoms with Crippen LogP contribution in [0, 0.1) is 0 Å². The van der Waals surface area contributed by atoms with Gasteiger partial charge in [-0.25, -0.2) is 0 Å². The summed E-state index contributed by atoms with van der Waals surface area (Å²) in [6.45, 7) is 7.64. The highest BCUT2D eigenvalue weighted by molar-refractivity contribution is 6.60. The highest BCUT2D eigenvalue weighted by Crippen LogP contribution is 2.15. The summed E-state index contributed by atoms with van der Waals surface area (Å²) < 4.78 is 36.8. The van der Waals surface area contributed by atoms with Gasteiger partial charge in [-0.1, -0.05) is 12.2 Å². The standard InChI is InChI=1S/C10H22O4Si.C6H17NO3Si/c1-10(2)9-14-7-6-8-15(11-3,12-4)13-5;1-8-11(9-2,10-3)6-4-5-7/h1,6-9H2,2-5H3;4-7H2,1-3H3. The Hall–Kier alpha value is -0.146. The lowest BCUT2D eigenvalue weighted by atomic mass is 10.4. The van der Waals surface area contributed by atoms with Crippen molar-refractivity contribution in [2.45, 2.75) is 31.9 Å². The molecular formula is C16H39NO7Si2. The van der Waals surface area contributed by atoms with Crippen molar-refractivity contribution in [3.8, 4) is 0 Å². The van der Waals surface area contributed by atoms with Crippen molar-refractivity contribution >= 4 is 17.6 Å². The van der Waals surface area contributed by atoms with Crippen molar-refractivity contribution in [2.24, 2.45) is 5.73 Å². The van der Waals surface area contributed by atoms with Gasteiger partial charge in [-0.15, -0.1) is 0 Å². The summed E-state index contributed by atoms with van der Waals surface area (Å²) in [6, 6.07) is 1.56. The van der Waals surface area contributed by atoms with E-state index in [0.717, 1.165) is 30.5 Å². The number of nitrogens with two attached hydrogens (primary N) is 1. The first-order valence-electron chi connectivity index (χ1n) is 8.57. The average Bonchev–Trinajstić information content (AvgIpc) is 2.67. The van der Waals surface area contributed by atoms with Crippen LogP contribution >= 0.6 is 0 Å². The van der Waals surface area contributed by atoms with Crippen molar-refractivity contribution in [3.63, 3.8) is 0 Å². The smallest absolute Gasteiger partial charge is 0.377 e. The molecule has 26 heavy (non-hydrogen) atoms. The van der Waals surface area contributed by atoms with Gasteiger partial charge < -0.3 is 37.0 Å².